The van der Waals surface area contributed by atoms with Crippen molar-refractivity contribution in [3.8, 4) is 0 Å². The average molecular weight is 465 g/mol. The summed E-state index contributed by atoms with van der Waals surface area (Å²) in [7, 11) is 0. The third-order valence-electron chi connectivity index (χ3n) is 8.07. The Kier molecular flexibility index (Phi) is 25.1. The van der Waals surface area contributed by atoms with Crippen LogP contribution in [0.4, 0.5) is 0 Å². The largest absolute Gasteiger partial charge is 0.0654 e. The zero-order valence-electron chi connectivity index (χ0n) is 24.6. The van der Waals surface area contributed by atoms with E-state index in [0.717, 1.165) is 23.7 Å². The molecule has 0 aromatic carbocycles. The van der Waals surface area contributed by atoms with Gasteiger partial charge in [-0.3, -0.25) is 0 Å². The molecule has 0 rings (SSSR count). The maximum Gasteiger partial charge on any atom is -0.0443 e. The van der Waals surface area contributed by atoms with Crippen molar-refractivity contribution in [2.24, 2.45) is 23.7 Å². The van der Waals surface area contributed by atoms with Crippen LogP contribution in [-0.2, 0) is 0 Å². The Balaban J connectivity index is 3.37. The van der Waals surface area contributed by atoms with Crippen molar-refractivity contribution in [2.75, 3.05) is 0 Å². The number of unbranched alkanes of at least 4 members (excludes halogenated alkanes) is 13. The highest BCUT2D eigenvalue weighted by atomic mass is 14.1. The Hall–Kier alpha value is 0. The van der Waals surface area contributed by atoms with Gasteiger partial charge in [0.1, 0.15) is 0 Å². The van der Waals surface area contributed by atoms with Gasteiger partial charge < -0.3 is 0 Å². The third-order valence-corrected chi connectivity index (χ3v) is 8.07. The van der Waals surface area contributed by atoms with Gasteiger partial charge in [0.15, 0.2) is 0 Å². The standard InChI is InChI=1S/C33H68/c1-7-8-9-10-11-12-13-14-15-16-17-18-19-20-24-32(5)28-29-33(6)27-22-26-31(4)25-21-23-30(2)3/h30-33H,7-29H2,1-6H3. The van der Waals surface area contributed by atoms with Gasteiger partial charge in [0.25, 0.3) is 0 Å². The second-order valence-corrected chi connectivity index (χ2v) is 12.5. The van der Waals surface area contributed by atoms with Crippen LogP contribution in [0.25, 0.3) is 0 Å². The second-order valence-electron chi connectivity index (χ2n) is 12.5. The average Bonchev–Trinajstić information content (AvgIpc) is 2.77. The van der Waals surface area contributed by atoms with E-state index in [-0.39, 0.29) is 0 Å². The van der Waals surface area contributed by atoms with E-state index in [1.54, 1.807) is 0 Å². The summed E-state index contributed by atoms with van der Waals surface area (Å²) >= 11 is 0. The minimum absolute atomic E-state index is 0.878. The summed E-state index contributed by atoms with van der Waals surface area (Å²) in [6.45, 7) is 14.5. The molecular formula is C33H68. The van der Waals surface area contributed by atoms with Gasteiger partial charge in [0, 0.05) is 0 Å². The van der Waals surface area contributed by atoms with Gasteiger partial charge in [-0.25, -0.2) is 0 Å². The van der Waals surface area contributed by atoms with Gasteiger partial charge in [-0.2, -0.15) is 0 Å². The lowest BCUT2D eigenvalue weighted by Crippen LogP contribution is -2.02. The molecule has 0 spiro atoms. The van der Waals surface area contributed by atoms with Crippen molar-refractivity contribution in [1.82, 2.24) is 0 Å². The van der Waals surface area contributed by atoms with Gasteiger partial charge in [-0.05, 0) is 23.7 Å². The SMILES string of the molecule is CCCCCCCCCCCCCCCCC(C)CCC(C)CCCC(C)CCCC(C)C. The zero-order chi connectivity index (χ0) is 24.6. The van der Waals surface area contributed by atoms with E-state index in [2.05, 4.69) is 41.5 Å². The van der Waals surface area contributed by atoms with Crippen LogP contribution in [0, 0.1) is 23.7 Å². The van der Waals surface area contributed by atoms with Crippen molar-refractivity contribution in [2.45, 2.75) is 189 Å². The van der Waals surface area contributed by atoms with E-state index in [1.165, 1.54) is 148 Å². The zero-order valence-corrected chi connectivity index (χ0v) is 24.6. The van der Waals surface area contributed by atoms with Crippen LogP contribution in [0.3, 0.4) is 0 Å². The summed E-state index contributed by atoms with van der Waals surface area (Å²) in [5.74, 6) is 3.70. The Bertz CT molecular complexity index is 357. The number of hydrogen-bond donors (Lipinski definition) is 0. The van der Waals surface area contributed by atoms with E-state index in [4.69, 9.17) is 0 Å². The van der Waals surface area contributed by atoms with Gasteiger partial charge in [-0.1, -0.05) is 189 Å². The molecule has 0 aromatic heterocycles. The summed E-state index contributed by atoms with van der Waals surface area (Å²) in [6, 6.07) is 0. The first kappa shape index (κ1) is 33.0. The van der Waals surface area contributed by atoms with Crippen molar-refractivity contribution in [1.29, 1.82) is 0 Å². The molecule has 0 fully saturated rings. The van der Waals surface area contributed by atoms with Crippen molar-refractivity contribution < 1.29 is 0 Å². The van der Waals surface area contributed by atoms with E-state index in [1.807, 2.05) is 0 Å². The normalized spacial score (nSPS) is 14.6. The molecule has 0 heterocycles. The molecule has 0 aliphatic heterocycles. The maximum absolute atomic E-state index is 2.51. The lowest BCUT2D eigenvalue weighted by molar-refractivity contribution is 0.360. The Morgan fingerprint density at radius 3 is 1.00 bits per heavy atom. The van der Waals surface area contributed by atoms with Crippen molar-refractivity contribution >= 4 is 0 Å². The highest BCUT2D eigenvalue weighted by molar-refractivity contribution is 4.62. The van der Waals surface area contributed by atoms with Crippen LogP contribution in [0.5, 0.6) is 0 Å². The summed E-state index contributed by atoms with van der Waals surface area (Å²) < 4.78 is 0. The molecule has 200 valence electrons. The lowest BCUT2D eigenvalue weighted by Gasteiger charge is -2.17. The highest BCUT2D eigenvalue weighted by Crippen LogP contribution is 2.24. The molecule has 0 heteroatoms. The summed E-state index contributed by atoms with van der Waals surface area (Å²) in [5.41, 5.74) is 0. The molecule has 0 bridgehead atoms. The molecule has 0 radical (unpaired) electrons. The minimum Gasteiger partial charge on any atom is -0.0654 e. The van der Waals surface area contributed by atoms with E-state index in [9.17, 15) is 0 Å². The van der Waals surface area contributed by atoms with Crippen molar-refractivity contribution in [3.63, 3.8) is 0 Å². The van der Waals surface area contributed by atoms with E-state index < -0.39 is 0 Å². The molecule has 3 atom stereocenters. The smallest absolute Gasteiger partial charge is 0.0443 e. The summed E-state index contributed by atoms with van der Waals surface area (Å²) in [4.78, 5) is 0. The first-order valence-corrected chi connectivity index (χ1v) is 16.0. The van der Waals surface area contributed by atoms with Crippen LogP contribution in [0.1, 0.15) is 189 Å². The molecule has 0 nitrogen and oxygen atoms in total. The monoisotopic (exact) mass is 465 g/mol. The molecule has 0 saturated heterocycles. The Morgan fingerprint density at radius 2 is 0.606 bits per heavy atom. The fraction of sp³-hybridized carbons (Fsp3) is 1.00. The van der Waals surface area contributed by atoms with Crippen LogP contribution < -0.4 is 0 Å². The number of hydrogen-bond acceptors (Lipinski definition) is 0. The van der Waals surface area contributed by atoms with Crippen LogP contribution in [-0.4, -0.2) is 0 Å². The Morgan fingerprint density at radius 1 is 0.303 bits per heavy atom. The predicted molar refractivity (Wildman–Crippen MR) is 154 cm³/mol. The first-order valence-electron chi connectivity index (χ1n) is 16.0. The topological polar surface area (TPSA) is 0 Å². The number of rotatable bonds is 26. The van der Waals surface area contributed by atoms with Gasteiger partial charge in [-0.15, -0.1) is 0 Å². The van der Waals surface area contributed by atoms with Crippen molar-refractivity contribution in [3.05, 3.63) is 0 Å². The molecule has 3 unspecified atom stereocenters. The first-order chi connectivity index (χ1) is 16.0. The van der Waals surface area contributed by atoms with Gasteiger partial charge in [0.05, 0.1) is 0 Å². The van der Waals surface area contributed by atoms with E-state index in [0.29, 0.717) is 0 Å². The van der Waals surface area contributed by atoms with Gasteiger partial charge >= 0.3 is 0 Å². The molecular weight excluding hydrogens is 396 g/mol. The molecule has 0 aliphatic rings. The predicted octanol–water partition coefficient (Wildman–Crippen LogP) is 12.5. The lowest BCUT2D eigenvalue weighted by atomic mass is 9.89. The quantitative estimate of drug-likeness (QED) is 0.112. The molecule has 0 N–H and O–H groups in total. The van der Waals surface area contributed by atoms with Crippen LogP contribution >= 0.6 is 0 Å². The molecule has 0 saturated carbocycles. The fourth-order valence-electron chi connectivity index (χ4n) is 5.38. The fourth-order valence-corrected chi connectivity index (χ4v) is 5.38. The highest BCUT2D eigenvalue weighted by Gasteiger charge is 2.09. The van der Waals surface area contributed by atoms with E-state index >= 15 is 0 Å². The molecule has 0 amide bonds. The van der Waals surface area contributed by atoms with Gasteiger partial charge in [0.2, 0.25) is 0 Å². The molecule has 0 aromatic rings. The molecule has 33 heavy (non-hydrogen) atoms. The van der Waals surface area contributed by atoms with Crippen LogP contribution in [0.2, 0.25) is 0 Å². The summed E-state index contributed by atoms with van der Waals surface area (Å²) in [6.07, 6.45) is 33.6. The second kappa shape index (κ2) is 25.1. The molecule has 0 aliphatic carbocycles. The Labute approximate surface area is 212 Å². The maximum atomic E-state index is 2.51. The minimum atomic E-state index is 0.878. The van der Waals surface area contributed by atoms with Crippen LogP contribution in [0.15, 0.2) is 0 Å². The summed E-state index contributed by atoms with van der Waals surface area (Å²) in [5, 5.41) is 0. The third kappa shape index (κ3) is 26.4.